The lowest BCUT2D eigenvalue weighted by Gasteiger charge is -2.07. The average molecular weight is 237 g/mol. The third-order valence-corrected chi connectivity index (χ3v) is 2.01. The molecule has 6 nitrogen and oxygen atoms in total. The number of aromatic nitrogens is 2. The van der Waals surface area contributed by atoms with Crippen LogP contribution in [-0.4, -0.2) is 28.3 Å². The number of halogens is 1. The van der Waals surface area contributed by atoms with Crippen LogP contribution in [-0.2, 0) is 0 Å². The van der Waals surface area contributed by atoms with Gasteiger partial charge in [-0.05, 0) is 12.1 Å². The summed E-state index contributed by atoms with van der Waals surface area (Å²) in [6.45, 7) is 0. The van der Waals surface area contributed by atoms with Crippen LogP contribution in [0.4, 0.5) is 15.0 Å². The zero-order chi connectivity index (χ0) is 12.4. The molecule has 1 amide bonds. The quantitative estimate of drug-likeness (QED) is 0.832. The number of amides is 1. The molecular formula is C10H8FN3O3. The van der Waals surface area contributed by atoms with Crippen LogP contribution in [0, 0.1) is 5.82 Å². The Hall–Kier alpha value is -2.44. The highest BCUT2D eigenvalue weighted by molar-refractivity contribution is 5.86. The molecule has 1 aromatic carbocycles. The van der Waals surface area contributed by atoms with Crippen molar-refractivity contribution in [2.75, 3.05) is 12.4 Å². The highest BCUT2D eigenvalue weighted by Gasteiger charge is 2.11. The van der Waals surface area contributed by atoms with Crippen LogP contribution in [0.1, 0.15) is 0 Å². The molecule has 0 saturated heterocycles. The van der Waals surface area contributed by atoms with Gasteiger partial charge < -0.3 is 9.84 Å². The van der Waals surface area contributed by atoms with E-state index in [1.807, 2.05) is 5.32 Å². The van der Waals surface area contributed by atoms with Crippen molar-refractivity contribution in [3.63, 3.8) is 0 Å². The van der Waals surface area contributed by atoms with Crippen molar-refractivity contribution in [3.8, 4) is 5.88 Å². The minimum Gasteiger partial charge on any atom is -0.478 e. The predicted octanol–water partition coefficient (Wildman–Crippen LogP) is 1.87. The Morgan fingerprint density at radius 1 is 1.41 bits per heavy atom. The minimum atomic E-state index is -1.30. The Morgan fingerprint density at radius 3 is 2.82 bits per heavy atom. The van der Waals surface area contributed by atoms with Gasteiger partial charge in [0.1, 0.15) is 5.82 Å². The van der Waals surface area contributed by atoms with Crippen LogP contribution < -0.4 is 10.1 Å². The third-order valence-electron chi connectivity index (χ3n) is 2.01. The van der Waals surface area contributed by atoms with Crippen LogP contribution in [0.3, 0.4) is 0 Å². The lowest BCUT2D eigenvalue weighted by atomic mass is 10.3. The molecule has 2 N–H and O–H groups in total. The largest absolute Gasteiger partial charge is 0.478 e. The van der Waals surface area contributed by atoms with Crippen molar-refractivity contribution in [3.05, 3.63) is 24.0 Å². The highest BCUT2D eigenvalue weighted by Crippen LogP contribution is 2.23. The van der Waals surface area contributed by atoms with Crippen molar-refractivity contribution in [2.45, 2.75) is 0 Å². The Kier molecular flexibility index (Phi) is 2.73. The first kappa shape index (κ1) is 11.1. The number of methoxy groups -OCH3 is 1. The third kappa shape index (κ3) is 2.22. The maximum Gasteiger partial charge on any atom is 0.410 e. The van der Waals surface area contributed by atoms with Gasteiger partial charge in [-0.25, -0.2) is 19.2 Å². The van der Waals surface area contributed by atoms with E-state index in [1.165, 1.54) is 19.2 Å². The summed E-state index contributed by atoms with van der Waals surface area (Å²) in [4.78, 5) is 18.5. The highest BCUT2D eigenvalue weighted by atomic mass is 19.1. The van der Waals surface area contributed by atoms with Crippen LogP contribution in [0.25, 0.3) is 11.0 Å². The van der Waals surface area contributed by atoms with Gasteiger partial charge in [0.2, 0.25) is 0 Å². The van der Waals surface area contributed by atoms with Gasteiger partial charge in [0, 0.05) is 6.07 Å². The first-order chi connectivity index (χ1) is 8.10. The maximum atomic E-state index is 13.0. The van der Waals surface area contributed by atoms with Crippen molar-refractivity contribution in [1.29, 1.82) is 0 Å². The van der Waals surface area contributed by atoms with Crippen molar-refractivity contribution < 1.29 is 19.0 Å². The van der Waals surface area contributed by atoms with E-state index in [2.05, 4.69) is 9.97 Å². The molecule has 7 heteroatoms. The zero-order valence-electron chi connectivity index (χ0n) is 8.77. The van der Waals surface area contributed by atoms with Gasteiger partial charge in [-0.1, -0.05) is 0 Å². The fourth-order valence-electron chi connectivity index (χ4n) is 1.34. The lowest BCUT2D eigenvalue weighted by Crippen LogP contribution is -2.11. The molecule has 2 rings (SSSR count). The molecule has 17 heavy (non-hydrogen) atoms. The van der Waals surface area contributed by atoms with Crippen LogP contribution >= 0.6 is 0 Å². The first-order valence-corrected chi connectivity index (χ1v) is 4.61. The molecule has 0 spiro atoms. The van der Waals surface area contributed by atoms with Gasteiger partial charge in [-0.3, -0.25) is 5.32 Å². The second kappa shape index (κ2) is 4.20. The minimum absolute atomic E-state index is 0.0338. The van der Waals surface area contributed by atoms with Crippen molar-refractivity contribution >= 4 is 22.9 Å². The number of rotatable bonds is 2. The van der Waals surface area contributed by atoms with E-state index >= 15 is 0 Å². The van der Waals surface area contributed by atoms with E-state index in [4.69, 9.17) is 9.84 Å². The Morgan fingerprint density at radius 2 is 2.18 bits per heavy atom. The standard InChI is InChI=1S/C10H8FN3O3/c1-17-9-8(14-10(15)16)12-7-4-5(11)2-3-6(7)13-9/h2-4H,1H3,(H,12,14)(H,15,16). The number of anilines is 1. The summed E-state index contributed by atoms with van der Waals surface area (Å²) >= 11 is 0. The van der Waals surface area contributed by atoms with Crippen molar-refractivity contribution in [2.24, 2.45) is 0 Å². The summed E-state index contributed by atoms with van der Waals surface area (Å²) < 4.78 is 17.9. The number of ether oxygens (including phenoxy) is 1. The Bertz CT molecular complexity index is 588. The number of nitrogens with one attached hydrogen (secondary N) is 1. The lowest BCUT2D eigenvalue weighted by molar-refractivity contribution is 0.209. The molecule has 0 fully saturated rings. The normalized spacial score (nSPS) is 10.2. The van der Waals surface area contributed by atoms with E-state index in [-0.39, 0.29) is 17.2 Å². The number of benzene rings is 1. The van der Waals surface area contributed by atoms with E-state index in [9.17, 15) is 9.18 Å². The Balaban J connectivity index is 2.60. The number of nitrogens with zero attached hydrogens (tertiary/aromatic N) is 2. The van der Waals surface area contributed by atoms with Crippen LogP contribution in [0.15, 0.2) is 18.2 Å². The molecule has 0 aliphatic rings. The van der Waals surface area contributed by atoms with E-state index in [0.29, 0.717) is 5.52 Å². The topological polar surface area (TPSA) is 84.3 Å². The zero-order valence-corrected chi connectivity index (χ0v) is 8.77. The van der Waals surface area contributed by atoms with Crippen LogP contribution in [0.5, 0.6) is 5.88 Å². The predicted molar refractivity (Wildman–Crippen MR) is 57.7 cm³/mol. The molecule has 88 valence electrons. The van der Waals surface area contributed by atoms with Gasteiger partial charge in [0.15, 0.2) is 5.82 Å². The van der Waals surface area contributed by atoms with Gasteiger partial charge in [0.05, 0.1) is 18.1 Å². The second-order valence-electron chi connectivity index (χ2n) is 3.14. The summed E-state index contributed by atoms with van der Waals surface area (Å²) in [6.07, 6.45) is -1.30. The summed E-state index contributed by atoms with van der Waals surface area (Å²) in [6, 6.07) is 3.83. The summed E-state index contributed by atoms with van der Waals surface area (Å²) in [5.41, 5.74) is 0.661. The molecular weight excluding hydrogens is 229 g/mol. The Labute approximate surface area is 95.1 Å². The maximum absolute atomic E-state index is 13.0. The average Bonchev–Trinajstić information content (AvgIpc) is 2.27. The van der Waals surface area contributed by atoms with Crippen molar-refractivity contribution in [1.82, 2.24) is 9.97 Å². The fraction of sp³-hybridized carbons (Fsp3) is 0.100. The molecule has 0 saturated carbocycles. The molecule has 0 bridgehead atoms. The smallest absolute Gasteiger partial charge is 0.410 e. The van der Waals surface area contributed by atoms with Gasteiger partial charge in [0.25, 0.3) is 5.88 Å². The molecule has 0 aliphatic carbocycles. The monoisotopic (exact) mass is 237 g/mol. The first-order valence-electron chi connectivity index (χ1n) is 4.61. The molecule has 2 aromatic rings. The van der Waals surface area contributed by atoms with E-state index in [0.717, 1.165) is 6.07 Å². The molecule has 0 radical (unpaired) electrons. The number of carboxylic acid groups (broad SMARTS) is 1. The van der Waals surface area contributed by atoms with Crippen LogP contribution in [0.2, 0.25) is 0 Å². The SMILES string of the molecule is COc1nc2ccc(F)cc2nc1NC(=O)O. The molecule has 1 aromatic heterocycles. The van der Waals surface area contributed by atoms with Gasteiger partial charge in [-0.15, -0.1) is 0 Å². The fourth-order valence-corrected chi connectivity index (χ4v) is 1.34. The molecule has 0 aliphatic heterocycles. The van der Waals surface area contributed by atoms with Gasteiger partial charge >= 0.3 is 6.09 Å². The number of hydrogen-bond acceptors (Lipinski definition) is 4. The molecule has 0 unspecified atom stereocenters. The number of hydrogen-bond donors (Lipinski definition) is 2. The number of fused-ring (bicyclic) bond motifs is 1. The molecule has 1 heterocycles. The molecule has 0 atom stereocenters. The summed E-state index contributed by atoms with van der Waals surface area (Å²) in [7, 11) is 1.34. The summed E-state index contributed by atoms with van der Waals surface area (Å²) in [5.74, 6) is -0.511. The number of carbonyl (C=O) groups is 1. The summed E-state index contributed by atoms with van der Waals surface area (Å²) in [5, 5.41) is 10.6. The van der Waals surface area contributed by atoms with E-state index < -0.39 is 11.9 Å². The van der Waals surface area contributed by atoms with E-state index in [1.54, 1.807) is 0 Å². The second-order valence-corrected chi connectivity index (χ2v) is 3.14. The van der Waals surface area contributed by atoms with Gasteiger partial charge in [-0.2, -0.15) is 0 Å².